The number of benzene rings is 2. The Hall–Kier alpha value is -3.51. The maximum absolute atomic E-state index is 13.1. The van der Waals surface area contributed by atoms with Gasteiger partial charge in [0.05, 0.1) is 0 Å². The van der Waals surface area contributed by atoms with Gasteiger partial charge in [-0.3, -0.25) is 4.79 Å². The van der Waals surface area contributed by atoms with Crippen LogP contribution in [0, 0.1) is 0 Å². The SMILES string of the molecule is CC(C)=CCCC(C)=CCc1cc([C@H]2Oc3c(CC=C(C)C)c(O)cc(O)c3C(=O)[C@@H]2O)ccc1O. The van der Waals surface area contributed by atoms with E-state index in [0.717, 1.165) is 24.5 Å². The zero-order valence-corrected chi connectivity index (χ0v) is 21.6. The van der Waals surface area contributed by atoms with Crippen molar-refractivity contribution in [2.24, 2.45) is 0 Å². The molecule has 1 aliphatic rings. The fourth-order valence-electron chi connectivity index (χ4n) is 4.19. The molecule has 0 fully saturated rings. The predicted octanol–water partition coefficient (Wildman–Crippen LogP) is 6.22. The Morgan fingerprint density at radius 1 is 0.889 bits per heavy atom. The van der Waals surface area contributed by atoms with Gasteiger partial charge in [0.2, 0.25) is 5.78 Å². The summed E-state index contributed by atoms with van der Waals surface area (Å²) >= 11 is 0. The number of Topliss-reactive ketones (excluding diaryl/α,β-unsaturated/α-hetero) is 1. The van der Waals surface area contributed by atoms with Gasteiger partial charge in [-0.05, 0) is 83.6 Å². The highest BCUT2D eigenvalue weighted by atomic mass is 16.5. The molecule has 192 valence electrons. The van der Waals surface area contributed by atoms with Crippen molar-refractivity contribution in [3.8, 4) is 23.0 Å². The van der Waals surface area contributed by atoms with Crippen LogP contribution in [0.2, 0.25) is 0 Å². The van der Waals surface area contributed by atoms with E-state index in [2.05, 4.69) is 32.9 Å². The molecule has 0 aromatic heterocycles. The van der Waals surface area contributed by atoms with Crippen LogP contribution >= 0.6 is 0 Å². The lowest BCUT2D eigenvalue weighted by Crippen LogP contribution is -2.36. The number of carbonyl (C=O) groups excluding carboxylic acids is 1. The standard InChI is InChI=1S/C30H36O6/c1-17(2)7-6-8-19(5)10-11-20-15-21(12-14-23(20)31)29-28(35)27(34)26-25(33)16-24(32)22(30(26)36-29)13-9-18(3)4/h7,9-10,12,14-16,28-29,31-33,35H,6,8,11,13H2,1-5H3/t28-,29+/m0/s1. The van der Waals surface area contributed by atoms with Crippen LogP contribution in [-0.2, 0) is 12.8 Å². The monoisotopic (exact) mass is 492 g/mol. The van der Waals surface area contributed by atoms with E-state index >= 15 is 0 Å². The highest BCUT2D eigenvalue weighted by Crippen LogP contribution is 2.46. The van der Waals surface area contributed by atoms with E-state index in [9.17, 15) is 25.2 Å². The number of aromatic hydroxyl groups is 3. The molecule has 2 aromatic rings. The summed E-state index contributed by atoms with van der Waals surface area (Å²) in [7, 11) is 0. The molecule has 0 unspecified atom stereocenters. The second-order valence-corrected chi connectivity index (χ2v) is 9.89. The molecule has 1 aliphatic heterocycles. The number of hydrogen-bond donors (Lipinski definition) is 4. The summed E-state index contributed by atoms with van der Waals surface area (Å²) in [6.45, 7) is 10.0. The van der Waals surface area contributed by atoms with Crippen molar-refractivity contribution in [3.63, 3.8) is 0 Å². The van der Waals surface area contributed by atoms with E-state index in [0.29, 0.717) is 29.5 Å². The maximum Gasteiger partial charge on any atom is 0.202 e. The van der Waals surface area contributed by atoms with Gasteiger partial charge in [-0.1, -0.05) is 41.0 Å². The molecule has 0 radical (unpaired) electrons. The third-order valence-electron chi connectivity index (χ3n) is 6.29. The number of allylic oxidation sites excluding steroid dienone is 6. The first-order chi connectivity index (χ1) is 17.0. The average Bonchev–Trinajstić information content (AvgIpc) is 2.79. The second-order valence-electron chi connectivity index (χ2n) is 9.89. The fourth-order valence-corrected chi connectivity index (χ4v) is 4.19. The van der Waals surface area contributed by atoms with Crippen LogP contribution in [-0.4, -0.2) is 32.3 Å². The third kappa shape index (κ3) is 6.18. The second kappa shape index (κ2) is 11.5. The van der Waals surface area contributed by atoms with Crippen LogP contribution < -0.4 is 4.74 Å². The van der Waals surface area contributed by atoms with Crippen LogP contribution in [0.3, 0.4) is 0 Å². The Morgan fingerprint density at radius 3 is 2.25 bits per heavy atom. The van der Waals surface area contributed by atoms with Gasteiger partial charge in [0.25, 0.3) is 0 Å². The number of carbonyl (C=O) groups is 1. The zero-order chi connectivity index (χ0) is 26.6. The minimum Gasteiger partial charge on any atom is -0.508 e. The highest BCUT2D eigenvalue weighted by molar-refractivity contribution is 6.06. The normalized spacial score (nSPS) is 17.3. The first-order valence-corrected chi connectivity index (χ1v) is 12.2. The van der Waals surface area contributed by atoms with E-state index < -0.39 is 23.7 Å². The largest absolute Gasteiger partial charge is 0.508 e. The summed E-state index contributed by atoms with van der Waals surface area (Å²) in [5.41, 5.74) is 4.88. The van der Waals surface area contributed by atoms with Gasteiger partial charge >= 0.3 is 0 Å². The molecule has 0 amide bonds. The average molecular weight is 493 g/mol. The van der Waals surface area contributed by atoms with Crippen molar-refractivity contribution in [1.29, 1.82) is 0 Å². The van der Waals surface area contributed by atoms with E-state index in [1.807, 2.05) is 19.9 Å². The molecule has 0 saturated carbocycles. The molecule has 3 rings (SSSR count). The van der Waals surface area contributed by atoms with Gasteiger partial charge in [0.1, 0.15) is 28.6 Å². The lowest BCUT2D eigenvalue weighted by atomic mass is 9.89. The van der Waals surface area contributed by atoms with Gasteiger partial charge in [-0.15, -0.1) is 0 Å². The maximum atomic E-state index is 13.1. The van der Waals surface area contributed by atoms with Gasteiger partial charge in [-0.2, -0.15) is 0 Å². The smallest absolute Gasteiger partial charge is 0.202 e. The molecule has 0 aliphatic carbocycles. The van der Waals surface area contributed by atoms with Crippen LogP contribution in [0.4, 0.5) is 0 Å². The number of rotatable bonds is 8. The molecule has 4 N–H and O–H groups in total. The minimum absolute atomic E-state index is 0.0648. The first kappa shape index (κ1) is 27.1. The Bertz CT molecular complexity index is 1230. The van der Waals surface area contributed by atoms with E-state index in [-0.39, 0.29) is 22.8 Å². The Balaban J connectivity index is 1.94. The van der Waals surface area contributed by atoms with Crippen molar-refractivity contribution >= 4 is 5.78 Å². The zero-order valence-electron chi connectivity index (χ0n) is 21.6. The molecule has 0 bridgehead atoms. The Labute approximate surface area is 212 Å². The number of aliphatic hydroxyl groups is 1. The van der Waals surface area contributed by atoms with Crippen LogP contribution in [0.5, 0.6) is 23.0 Å². The first-order valence-electron chi connectivity index (χ1n) is 12.2. The van der Waals surface area contributed by atoms with Crippen molar-refractivity contribution in [3.05, 3.63) is 81.5 Å². The van der Waals surface area contributed by atoms with Crippen LogP contribution in [0.25, 0.3) is 0 Å². The molecule has 0 spiro atoms. The third-order valence-corrected chi connectivity index (χ3v) is 6.29. The predicted molar refractivity (Wildman–Crippen MR) is 141 cm³/mol. The van der Waals surface area contributed by atoms with Crippen molar-refractivity contribution in [2.45, 2.75) is 72.5 Å². The molecule has 0 saturated heterocycles. The van der Waals surface area contributed by atoms with Crippen molar-refractivity contribution in [1.82, 2.24) is 0 Å². The molecular formula is C30H36O6. The van der Waals surface area contributed by atoms with Gasteiger partial charge in [0.15, 0.2) is 12.2 Å². The molecule has 36 heavy (non-hydrogen) atoms. The lowest BCUT2D eigenvalue weighted by Gasteiger charge is -2.32. The summed E-state index contributed by atoms with van der Waals surface area (Å²) in [4.78, 5) is 13.1. The van der Waals surface area contributed by atoms with E-state index in [4.69, 9.17) is 4.74 Å². The number of ketones is 1. The highest BCUT2D eigenvalue weighted by Gasteiger charge is 2.40. The topological polar surface area (TPSA) is 107 Å². The Kier molecular flexibility index (Phi) is 8.64. The quantitative estimate of drug-likeness (QED) is 0.326. The molecule has 2 aromatic carbocycles. The summed E-state index contributed by atoms with van der Waals surface area (Å²) in [5, 5.41) is 42.1. The fraction of sp³-hybridized carbons (Fsp3) is 0.367. The number of ether oxygens (including phenoxy) is 1. The van der Waals surface area contributed by atoms with Crippen LogP contribution in [0.1, 0.15) is 80.6 Å². The summed E-state index contributed by atoms with van der Waals surface area (Å²) in [5.74, 6) is -1.13. The van der Waals surface area contributed by atoms with Crippen molar-refractivity contribution < 1.29 is 30.0 Å². The van der Waals surface area contributed by atoms with Gasteiger partial charge in [-0.25, -0.2) is 0 Å². The van der Waals surface area contributed by atoms with E-state index in [1.165, 1.54) is 17.2 Å². The summed E-state index contributed by atoms with van der Waals surface area (Å²) in [6.07, 6.45) is 6.17. The summed E-state index contributed by atoms with van der Waals surface area (Å²) < 4.78 is 6.10. The number of hydrogen-bond acceptors (Lipinski definition) is 6. The number of phenolic OH excluding ortho intramolecular Hbond substituents is 3. The minimum atomic E-state index is -1.55. The number of phenols is 3. The van der Waals surface area contributed by atoms with Gasteiger partial charge in [0, 0.05) is 11.6 Å². The molecule has 1 heterocycles. The van der Waals surface area contributed by atoms with E-state index in [1.54, 1.807) is 12.1 Å². The molecule has 6 heteroatoms. The Morgan fingerprint density at radius 2 is 1.58 bits per heavy atom. The molecular weight excluding hydrogens is 456 g/mol. The van der Waals surface area contributed by atoms with Crippen LogP contribution in [0.15, 0.2) is 59.2 Å². The summed E-state index contributed by atoms with van der Waals surface area (Å²) in [6, 6.07) is 5.96. The molecule has 6 nitrogen and oxygen atoms in total. The molecule has 2 atom stereocenters. The lowest BCUT2D eigenvalue weighted by molar-refractivity contribution is 0.0206. The van der Waals surface area contributed by atoms with Crippen molar-refractivity contribution in [2.75, 3.05) is 0 Å². The number of aliphatic hydroxyl groups excluding tert-OH is 1. The van der Waals surface area contributed by atoms with Gasteiger partial charge < -0.3 is 25.2 Å². The number of fused-ring (bicyclic) bond motifs is 1.